The fourth-order valence-electron chi connectivity index (χ4n) is 4.91. The van der Waals surface area contributed by atoms with Crippen LogP contribution in [0.5, 0.6) is 0 Å². The van der Waals surface area contributed by atoms with Crippen LogP contribution in [0.2, 0.25) is 0 Å². The maximum Gasteiger partial charge on any atom is 0.432 e. The maximum absolute atomic E-state index is 13.3. The van der Waals surface area contributed by atoms with Gasteiger partial charge in [0.25, 0.3) is 5.91 Å². The Morgan fingerprint density at radius 1 is 0.878 bits per heavy atom. The van der Waals surface area contributed by atoms with E-state index >= 15 is 0 Å². The van der Waals surface area contributed by atoms with Gasteiger partial charge in [-0.15, -0.1) is 0 Å². The molecule has 1 aliphatic carbocycles. The number of allylic oxidation sites excluding steroid dienone is 1. The standard InChI is InChI=1S/C32H32F3N5O/c33-32(34,35)29(37)20-28(38-26-16-8-10-22(18-26)21-36)31(41)40-27-17-9-13-24(19-27)30(23-11-4-3-5-12-23)39-25-14-6-1-2-7-15-25/h3-5,8-13,16-20,25,30,37-39H,1-2,6-7,14-15H2,(H,40,41)/b28-20-,37-29?. The highest BCUT2D eigenvalue weighted by molar-refractivity contribution is 6.11. The van der Waals surface area contributed by atoms with Gasteiger partial charge in [-0.05, 0) is 60.4 Å². The van der Waals surface area contributed by atoms with Gasteiger partial charge in [0.15, 0.2) is 0 Å². The van der Waals surface area contributed by atoms with Crippen LogP contribution < -0.4 is 16.0 Å². The molecule has 1 atom stereocenters. The van der Waals surface area contributed by atoms with Crippen molar-refractivity contribution in [3.8, 4) is 6.07 Å². The van der Waals surface area contributed by atoms with Crippen molar-refractivity contribution in [3.05, 3.63) is 107 Å². The summed E-state index contributed by atoms with van der Waals surface area (Å²) in [5.74, 6) is -0.855. The van der Waals surface area contributed by atoms with Crippen molar-refractivity contribution >= 4 is 23.0 Å². The number of benzene rings is 3. The van der Waals surface area contributed by atoms with Crippen LogP contribution in [0.1, 0.15) is 61.3 Å². The largest absolute Gasteiger partial charge is 0.432 e. The van der Waals surface area contributed by atoms with Crippen LogP contribution in [0.4, 0.5) is 24.5 Å². The average molecular weight is 560 g/mol. The molecule has 212 valence electrons. The van der Waals surface area contributed by atoms with Crippen molar-refractivity contribution in [1.82, 2.24) is 5.32 Å². The van der Waals surface area contributed by atoms with E-state index in [0.29, 0.717) is 17.8 Å². The molecule has 0 spiro atoms. The molecule has 1 saturated carbocycles. The van der Waals surface area contributed by atoms with Gasteiger partial charge in [-0.3, -0.25) is 10.2 Å². The lowest BCUT2D eigenvalue weighted by Crippen LogP contribution is -2.33. The van der Waals surface area contributed by atoms with Gasteiger partial charge in [0, 0.05) is 17.4 Å². The average Bonchev–Trinajstić information content (AvgIpc) is 3.24. The molecular weight excluding hydrogens is 527 g/mol. The maximum atomic E-state index is 13.3. The van der Waals surface area contributed by atoms with Gasteiger partial charge >= 0.3 is 6.18 Å². The Bertz CT molecular complexity index is 1420. The molecule has 41 heavy (non-hydrogen) atoms. The molecule has 4 rings (SSSR count). The molecule has 3 aromatic carbocycles. The first-order valence-corrected chi connectivity index (χ1v) is 13.6. The highest BCUT2D eigenvalue weighted by atomic mass is 19.4. The summed E-state index contributed by atoms with van der Waals surface area (Å²) in [4.78, 5) is 13.3. The van der Waals surface area contributed by atoms with Crippen LogP contribution in [0, 0.1) is 16.7 Å². The van der Waals surface area contributed by atoms with Crippen molar-refractivity contribution < 1.29 is 18.0 Å². The normalized spacial score (nSPS) is 15.3. The van der Waals surface area contributed by atoms with E-state index in [0.717, 1.165) is 24.0 Å². The highest BCUT2D eigenvalue weighted by Crippen LogP contribution is 2.28. The molecule has 1 unspecified atom stereocenters. The number of carbonyl (C=O) groups is 1. The van der Waals surface area contributed by atoms with E-state index in [1.54, 1.807) is 18.2 Å². The fourth-order valence-corrected chi connectivity index (χ4v) is 4.91. The van der Waals surface area contributed by atoms with Gasteiger partial charge in [-0.25, -0.2) is 0 Å². The van der Waals surface area contributed by atoms with Gasteiger partial charge in [0.2, 0.25) is 0 Å². The van der Waals surface area contributed by atoms with Crippen molar-refractivity contribution in [3.63, 3.8) is 0 Å². The minimum Gasteiger partial charge on any atom is -0.351 e. The summed E-state index contributed by atoms with van der Waals surface area (Å²) >= 11 is 0. The number of hydrogen-bond acceptors (Lipinski definition) is 5. The number of nitrogens with one attached hydrogen (secondary N) is 4. The summed E-state index contributed by atoms with van der Waals surface area (Å²) in [5, 5.41) is 25.7. The molecule has 4 N–H and O–H groups in total. The first-order chi connectivity index (χ1) is 19.7. The van der Waals surface area contributed by atoms with E-state index in [1.807, 2.05) is 48.5 Å². The zero-order valence-corrected chi connectivity index (χ0v) is 22.5. The van der Waals surface area contributed by atoms with Crippen LogP contribution in [-0.4, -0.2) is 23.8 Å². The van der Waals surface area contributed by atoms with Gasteiger partial charge in [0.1, 0.15) is 11.4 Å². The van der Waals surface area contributed by atoms with E-state index in [2.05, 4.69) is 16.0 Å². The van der Waals surface area contributed by atoms with Crippen LogP contribution in [0.25, 0.3) is 0 Å². The molecule has 1 aliphatic rings. The molecule has 6 nitrogen and oxygen atoms in total. The Morgan fingerprint density at radius 2 is 1.51 bits per heavy atom. The second kappa shape index (κ2) is 13.8. The van der Waals surface area contributed by atoms with Crippen molar-refractivity contribution in [2.75, 3.05) is 10.6 Å². The predicted molar refractivity (Wildman–Crippen MR) is 155 cm³/mol. The third kappa shape index (κ3) is 8.53. The summed E-state index contributed by atoms with van der Waals surface area (Å²) in [6.07, 6.45) is 2.46. The van der Waals surface area contributed by atoms with Gasteiger partial charge < -0.3 is 16.0 Å². The number of halogens is 3. The lowest BCUT2D eigenvalue weighted by Gasteiger charge is -2.26. The van der Waals surface area contributed by atoms with Gasteiger partial charge in [0.05, 0.1) is 17.7 Å². The van der Waals surface area contributed by atoms with E-state index in [1.165, 1.54) is 43.9 Å². The lowest BCUT2D eigenvalue weighted by atomic mass is 9.96. The Labute approximate surface area is 237 Å². The van der Waals surface area contributed by atoms with E-state index in [4.69, 9.17) is 10.7 Å². The van der Waals surface area contributed by atoms with E-state index in [9.17, 15) is 18.0 Å². The zero-order valence-electron chi connectivity index (χ0n) is 22.5. The lowest BCUT2D eigenvalue weighted by molar-refractivity contribution is -0.112. The number of rotatable bonds is 9. The van der Waals surface area contributed by atoms with Crippen LogP contribution in [0.3, 0.4) is 0 Å². The molecule has 0 heterocycles. The SMILES string of the molecule is N#Cc1cccc(N/C(=C\C(=N)C(F)(F)F)C(=O)Nc2cccc(C(NC3CCCCCC3)c3ccccc3)c2)c1. The van der Waals surface area contributed by atoms with Crippen molar-refractivity contribution in [2.24, 2.45) is 0 Å². The van der Waals surface area contributed by atoms with Crippen LogP contribution >= 0.6 is 0 Å². The molecule has 1 amide bonds. The third-order valence-corrected chi connectivity index (χ3v) is 6.98. The van der Waals surface area contributed by atoms with Crippen molar-refractivity contribution in [1.29, 1.82) is 10.7 Å². The summed E-state index contributed by atoms with van der Waals surface area (Å²) < 4.78 is 39.6. The minimum atomic E-state index is -4.94. The highest BCUT2D eigenvalue weighted by Gasteiger charge is 2.33. The summed E-state index contributed by atoms with van der Waals surface area (Å²) in [5.41, 5.74) is 0.710. The Balaban J connectivity index is 1.61. The Kier molecular flexibility index (Phi) is 9.93. The molecule has 0 saturated heterocycles. The predicted octanol–water partition coefficient (Wildman–Crippen LogP) is 7.48. The first kappa shape index (κ1) is 29.6. The molecule has 1 fully saturated rings. The first-order valence-electron chi connectivity index (χ1n) is 13.6. The van der Waals surface area contributed by atoms with E-state index in [-0.39, 0.29) is 17.3 Å². The topological polar surface area (TPSA) is 101 Å². The van der Waals surface area contributed by atoms with Crippen LogP contribution in [-0.2, 0) is 4.79 Å². The Morgan fingerprint density at radius 3 is 2.17 bits per heavy atom. The molecule has 0 aliphatic heterocycles. The molecule has 0 aromatic heterocycles. The van der Waals surface area contributed by atoms with Gasteiger partial charge in [-0.1, -0.05) is 74.2 Å². The van der Waals surface area contributed by atoms with Crippen LogP contribution in [0.15, 0.2) is 90.6 Å². The summed E-state index contributed by atoms with van der Waals surface area (Å²) in [6.45, 7) is 0. The number of amides is 1. The second-order valence-electron chi connectivity index (χ2n) is 10.1. The number of anilines is 2. The summed E-state index contributed by atoms with van der Waals surface area (Å²) in [6, 6.07) is 25.4. The van der Waals surface area contributed by atoms with Crippen molar-refractivity contribution in [2.45, 2.75) is 56.8 Å². The van der Waals surface area contributed by atoms with E-state index < -0.39 is 23.5 Å². The Hall–Kier alpha value is -4.42. The quantitative estimate of drug-likeness (QED) is 0.124. The molecule has 9 heteroatoms. The number of nitrogens with zero attached hydrogens (tertiary/aromatic N) is 1. The fraction of sp³-hybridized carbons (Fsp3) is 0.281. The van der Waals surface area contributed by atoms with Gasteiger partial charge in [-0.2, -0.15) is 18.4 Å². The second-order valence-corrected chi connectivity index (χ2v) is 10.1. The monoisotopic (exact) mass is 559 g/mol. The number of carbonyl (C=O) groups excluding carboxylic acids is 1. The zero-order chi connectivity index (χ0) is 29.2. The molecule has 0 radical (unpaired) electrons. The number of nitriles is 1. The summed E-state index contributed by atoms with van der Waals surface area (Å²) in [7, 11) is 0. The molecule has 3 aromatic rings. The smallest absolute Gasteiger partial charge is 0.351 e. The third-order valence-electron chi connectivity index (χ3n) is 6.98. The minimum absolute atomic E-state index is 0.142. The number of hydrogen-bond donors (Lipinski definition) is 4. The molecular formula is C32H32F3N5O. The molecule has 0 bridgehead atoms. The number of alkyl halides is 3.